The standard InChI is InChI=1S/C34H37F6NO5/c1-5-6-21-12-25-29(32(46)41(31(25)45)24-14-22(33(35,36)37)13-23(15-24)34(38,39)40)26(16-42)28(21)27(43)8-7-17(2)9-20-10-18(3)30(44)19(4)11-20/h9-11,13-15,25-27,29,42-44H,5-8,12,16H2,1-4H3/b17-9+/t25-,26+,27-,29-/m1/s1. The van der Waals surface area contributed by atoms with Crippen LogP contribution in [0.1, 0.15) is 73.8 Å². The fourth-order valence-electron chi connectivity index (χ4n) is 6.77. The van der Waals surface area contributed by atoms with E-state index in [0.29, 0.717) is 58.6 Å². The number of halogens is 6. The summed E-state index contributed by atoms with van der Waals surface area (Å²) in [7, 11) is 0. The Hall–Kier alpha value is -3.64. The van der Waals surface area contributed by atoms with Crippen molar-refractivity contribution in [3.05, 3.63) is 74.9 Å². The van der Waals surface area contributed by atoms with E-state index in [-0.39, 0.29) is 24.7 Å². The lowest BCUT2D eigenvalue weighted by Gasteiger charge is -2.36. The number of benzene rings is 2. The molecule has 6 nitrogen and oxygen atoms in total. The van der Waals surface area contributed by atoms with Crippen molar-refractivity contribution in [3.8, 4) is 5.75 Å². The number of rotatable bonds is 9. The summed E-state index contributed by atoms with van der Waals surface area (Å²) in [6.45, 7) is 6.63. The van der Waals surface area contributed by atoms with Gasteiger partial charge in [-0.2, -0.15) is 26.3 Å². The number of aliphatic hydroxyl groups is 2. The maximum absolute atomic E-state index is 13.7. The molecule has 0 saturated carbocycles. The summed E-state index contributed by atoms with van der Waals surface area (Å²) in [5.41, 5.74) is 0.0463. The van der Waals surface area contributed by atoms with E-state index in [1.165, 1.54) is 0 Å². The van der Waals surface area contributed by atoms with Crippen LogP contribution in [0, 0.1) is 31.6 Å². The topological polar surface area (TPSA) is 98.1 Å². The van der Waals surface area contributed by atoms with Crippen LogP contribution >= 0.6 is 0 Å². The number of alkyl halides is 6. The van der Waals surface area contributed by atoms with Crippen molar-refractivity contribution in [2.24, 2.45) is 17.8 Å². The summed E-state index contributed by atoms with van der Waals surface area (Å²) in [4.78, 5) is 27.7. The SMILES string of the molecule is CCCC1=C([C@H](O)CC/C(C)=C/c2cc(C)c(O)c(C)c2)[C@H](CO)[C@@H]2C(=O)N(c3cc(C(F)(F)F)cc(C(F)(F)F)c3)C(=O)[C@@H]2C1. The van der Waals surface area contributed by atoms with Crippen molar-refractivity contribution < 1.29 is 51.3 Å². The molecule has 0 aromatic heterocycles. The van der Waals surface area contributed by atoms with Crippen LogP contribution in [0.4, 0.5) is 32.0 Å². The summed E-state index contributed by atoms with van der Waals surface area (Å²) in [5.74, 6) is -5.20. The first-order valence-electron chi connectivity index (χ1n) is 15.0. The molecule has 1 aliphatic heterocycles. The Balaban J connectivity index is 1.66. The Labute approximate surface area is 263 Å². The van der Waals surface area contributed by atoms with Crippen LogP contribution in [0.15, 0.2) is 47.1 Å². The van der Waals surface area contributed by atoms with Gasteiger partial charge in [0.1, 0.15) is 5.75 Å². The number of amides is 2. The summed E-state index contributed by atoms with van der Waals surface area (Å²) >= 11 is 0. The number of imide groups is 1. The Bertz CT molecular complexity index is 1520. The maximum atomic E-state index is 13.7. The van der Waals surface area contributed by atoms with Crippen molar-refractivity contribution in [2.45, 2.75) is 78.3 Å². The number of fused-ring (bicyclic) bond motifs is 1. The van der Waals surface area contributed by atoms with Crippen LogP contribution < -0.4 is 4.90 Å². The number of allylic oxidation sites excluding steroid dienone is 2. The fraction of sp³-hybridized carbons (Fsp3) is 0.471. The van der Waals surface area contributed by atoms with Gasteiger partial charge in [0.25, 0.3) is 0 Å². The third-order valence-corrected chi connectivity index (χ3v) is 8.86. The zero-order valence-corrected chi connectivity index (χ0v) is 25.9. The number of hydrogen-bond donors (Lipinski definition) is 3. The van der Waals surface area contributed by atoms with Gasteiger partial charge in [-0.25, -0.2) is 4.90 Å². The number of nitrogens with zero attached hydrogens (tertiary/aromatic N) is 1. The molecule has 2 aromatic carbocycles. The number of phenolic OH excluding ortho intramolecular Hbond substituents is 1. The molecule has 1 saturated heterocycles. The second-order valence-corrected chi connectivity index (χ2v) is 12.3. The zero-order chi connectivity index (χ0) is 34.3. The van der Waals surface area contributed by atoms with E-state index in [2.05, 4.69) is 0 Å². The summed E-state index contributed by atoms with van der Waals surface area (Å²) < 4.78 is 81.4. The fourth-order valence-corrected chi connectivity index (χ4v) is 6.77. The van der Waals surface area contributed by atoms with E-state index in [4.69, 9.17) is 0 Å². The van der Waals surface area contributed by atoms with Crippen molar-refractivity contribution in [3.63, 3.8) is 0 Å². The van der Waals surface area contributed by atoms with Gasteiger partial charge in [0.2, 0.25) is 11.8 Å². The van der Waals surface area contributed by atoms with E-state index in [0.717, 1.165) is 11.1 Å². The zero-order valence-electron chi connectivity index (χ0n) is 25.9. The molecule has 4 rings (SSSR count). The first-order valence-corrected chi connectivity index (χ1v) is 15.0. The quantitative estimate of drug-likeness (QED) is 0.148. The van der Waals surface area contributed by atoms with Gasteiger partial charge >= 0.3 is 12.4 Å². The third-order valence-electron chi connectivity index (χ3n) is 8.86. The maximum Gasteiger partial charge on any atom is 0.416 e. The van der Waals surface area contributed by atoms with Gasteiger partial charge in [0.05, 0.1) is 41.4 Å². The largest absolute Gasteiger partial charge is 0.507 e. The highest BCUT2D eigenvalue weighted by molar-refractivity contribution is 6.22. The normalized spacial score (nSPS) is 21.7. The molecule has 0 unspecified atom stereocenters. The minimum Gasteiger partial charge on any atom is -0.507 e. The summed E-state index contributed by atoms with van der Waals surface area (Å²) in [6.07, 6.45) is -7.98. The van der Waals surface area contributed by atoms with E-state index < -0.39 is 71.4 Å². The molecule has 4 atom stereocenters. The lowest BCUT2D eigenvalue weighted by Crippen LogP contribution is -2.39. The number of aromatic hydroxyl groups is 1. The molecule has 0 spiro atoms. The smallest absolute Gasteiger partial charge is 0.416 e. The predicted octanol–water partition coefficient (Wildman–Crippen LogP) is 7.51. The second kappa shape index (κ2) is 13.2. The van der Waals surface area contributed by atoms with Gasteiger partial charge in [0, 0.05) is 5.92 Å². The van der Waals surface area contributed by atoms with Crippen molar-refractivity contribution in [1.29, 1.82) is 0 Å². The number of carbonyl (C=O) groups excluding carboxylic acids is 2. The monoisotopic (exact) mass is 653 g/mol. The molecule has 3 N–H and O–H groups in total. The number of phenols is 1. The number of carbonyl (C=O) groups is 2. The molecule has 12 heteroatoms. The molecule has 250 valence electrons. The van der Waals surface area contributed by atoms with Gasteiger partial charge in [-0.05, 0) is 99.0 Å². The van der Waals surface area contributed by atoms with Gasteiger partial charge < -0.3 is 15.3 Å². The predicted molar refractivity (Wildman–Crippen MR) is 160 cm³/mol. The molecule has 1 aliphatic carbocycles. The van der Waals surface area contributed by atoms with Gasteiger partial charge in [-0.15, -0.1) is 0 Å². The number of hydrogen-bond acceptors (Lipinski definition) is 5. The molecular formula is C34H37F6NO5. The molecule has 0 bridgehead atoms. The van der Waals surface area contributed by atoms with Crippen LogP contribution in [0.5, 0.6) is 5.75 Å². The van der Waals surface area contributed by atoms with Gasteiger partial charge in [-0.1, -0.05) is 30.6 Å². The highest BCUT2D eigenvalue weighted by Gasteiger charge is 2.55. The van der Waals surface area contributed by atoms with Crippen LogP contribution in [0.3, 0.4) is 0 Å². The molecule has 0 radical (unpaired) electrons. The lowest BCUT2D eigenvalue weighted by molar-refractivity contribution is -0.143. The molecular weight excluding hydrogens is 616 g/mol. The van der Waals surface area contributed by atoms with Crippen LogP contribution in [0.2, 0.25) is 0 Å². The second-order valence-electron chi connectivity index (χ2n) is 12.3. The number of aryl methyl sites for hydroxylation is 2. The summed E-state index contributed by atoms with van der Waals surface area (Å²) in [6, 6.07) is 4.26. The highest BCUT2D eigenvalue weighted by atomic mass is 19.4. The first kappa shape index (κ1) is 35.2. The van der Waals surface area contributed by atoms with E-state index >= 15 is 0 Å². The Morgan fingerprint density at radius 2 is 1.54 bits per heavy atom. The molecule has 1 fully saturated rings. The number of aliphatic hydroxyl groups excluding tert-OH is 2. The first-order chi connectivity index (χ1) is 21.4. The van der Waals surface area contributed by atoms with Crippen molar-refractivity contribution in [2.75, 3.05) is 11.5 Å². The molecule has 46 heavy (non-hydrogen) atoms. The number of anilines is 1. The van der Waals surface area contributed by atoms with Crippen molar-refractivity contribution >= 4 is 23.6 Å². The minimum atomic E-state index is -5.18. The highest BCUT2D eigenvalue weighted by Crippen LogP contribution is 2.49. The Kier molecular flexibility index (Phi) is 10.1. The average molecular weight is 654 g/mol. The van der Waals surface area contributed by atoms with E-state index in [1.807, 2.05) is 32.1 Å². The molecule has 1 heterocycles. The molecule has 2 amide bonds. The van der Waals surface area contributed by atoms with Crippen LogP contribution in [0.25, 0.3) is 6.08 Å². The van der Waals surface area contributed by atoms with Gasteiger partial charge in [-0.3, -0.25) is 9.59 Å². The lowest BCUT2D eigenvalue weighted by atomic mass is 9.67. The Morgan fingerprint density at radius 1 is 0.978 bits per heavy atom. The van der Waals surface area contributed by atoms with Gasteiger partial charge in [0.15, 0.2) is 0 Å². The van der Waals surface area contributed by atoms with E-state index in [1.54, 1.807) is 13.8 Å². The molecule has 2 aromatic rings. The minimum absolute atomic E-state index is 0.0194. The Morgan fingerprint density at radius 3 is 2.04 bits per heavy atom. The molecule has 2 aliphatic rings. The summed E-state index contributed by atoms with van der Waals surface area (Å²) in [5, 5.41) is 32.0. The third kappa shape index (κ3) is 7.02. The van der Waals surface area contributed by atoms with E-state index in [9.17, 15) is 51.3 Å². The van der Waals surface area contributed by atoms with Crippen molar-refractivity contribution in [1.82, 2.24) is 0 Å². The van der Waals surface area contributed by atoms with Crippen LogP contribution in [-0.2, 0) is 21.9 Å². The average Bonchev–Trinajstić information content (AvgIpc) is 3.21. The van der Waals surface area contributed by atoms with Crippen LogP contribution in [-0.4, -0.2) is 39.8 Å².